The van der Waals surface area contributed by atoms with E-state index in [4.69, 9.17) is 5.73 Å². The first-order valence-corrected chi connectivity index (χ1v) is 8.39. The molecule has 0 spiro atoms. The van der Waals surface area contributed by atoms with Gasteiger partial charge in [0, 0.05) is 44.2 Å². The Labute approximate surface area is 131 Å². The average Bonchev–Trinajstić information content (AvgIpc) is 3.04. The first-order chi connectivity index (χ1) is 10.1. The summed E-state index contributed by atoms with van der Waals surface area (Å²) in [7, 11) is 0. The maximum Gasteiger partial charge on any atom is 0.219 e. The van der Waals surface area contributed by atoms with E-state index in [1.807, 2.05) is 17.2 Å². The normalized spacial score (nSPS) is 15.5. The van der Waals surface area contributed by atoms with Crippen LogP contribution in [0.5, 0.6) is 0 Å². The molecule has 0 atom stereocenters. The van der Waals surface area contributed by atoms with Crippen molar-refractivity contribution >= 4 is 39.6 Å². The molecule has 21 heavy (non-hydrogen) atoms. The van der Waals surface area contributed by atoms with Crippen molar-refractivity contribution in [2.75, 3.05) is 36.8 Å². The lowest BCUT2D eigenvalue weighted by atomic mass is 10.2. The number of carbonyl (C=O) groups is 1. The van der Waals surface area contributed by atoms with E-state index >= 15 is 0 Å². The number of hydrogen-bond donors (Lipinski definition) is 1. The van der Waals surface area contributed by atoms with Crippen LogP contribution in [0.25, 0.3) is 10.6 Å². The minimum atomic E-state index is 0.134. The smallest absolute Gasteiger partial charge is 0.219 e. The van der Waals surface area contributed by atoms with Crippen molar-refractivity contribution < 1.29 is 4.79 Å². The van der Waals surface area contributed by atoms with Crippen molar-refractivity contribution in [2.45, 2.75) is 13.8 Å². The molecule has 2 aromatic rings. The van der Waals surface area contributed by atoms with Gasteiger partial charge in [-0.05, 0) is 18.5 Å². The van der Waals surface area contributed by atoms with E-state index < -0.39 is 0 Å². The molecule has 8 heteroatoms. The molecular formula is C13H17N5OS2. The predicted octanol–water partition coefficient (Wildman–Crippen LogP) is 1.83. The molecule has 2 N–H and O–H groups in total. The van der Waals surface area contributed by atoms with E-state index in [2.05, 4.69) is 14.3 Å². The number of anilines is 2. The number of hydrogen-bond acceptors (Lipinski definition) is 7. The van der Waals surface area contributed by atoms with Gasteiger partial charge in [0.1, 0.15) is 15.8 Å². The Balaban J connectivity index is 1.86. The molecule has 0 saturated carbocycles. The Morgan fingerprint density at radius 2 is 2.05 bits per heavy atom. The summed E-state index contributed by atoms with van der Waals surface area (Å²) in [5, 5.41) is 4.00. The van der Waals surface area contributed by atoms with Crippen molar-refractivity contribution in [1.29, 1.82) is 0 Å². The third-order valence-corrected chi connectivity index (χ3v) is 5.45. The number of carbonyl (C=O) groups excluding carboxylic acids is 1. The van der Waals surface area contributed by atoms with Gasteiger partial charge in [-0.1, -0.05) is 0 Å². The number of nitrogens with zero attached hydrogens (tertiary/aromatic N) is 4. The Bertz CT molecular complexity index is 657. The number of aromatic nitrogens is 2. The van der Waals surface area contributed by atoms with Crippen LogP contribution >= 0.6 is 22.9 Å². The zero-order valence-corrected chi connectivity index (χ0v) is 13.6. The molecule has 0 bridgehead atoms. The fraction of sp³-hybridized carbons (Fsp3) is 0.462. The molecule has 3 rings (SSSR count). The topological polar surface area (TPSA) is 75.4 Å². The summed E-state index contributed by atoms with van der Waals surface area (Å²) in [4.78, 5) is 20.1. The van der Waals surface area contributed by atoms with Gasteiger partial charge in [-0.3, -0.25) is 4.79 Å². The summed E-state index contributed by atoms with van der Waals surface area (Å²) in [5.41, 5.74) is 7.97. The summed E-state index contributed by atoms with van der Waals surface area (Å²) in [6, 6.07) is 0. The molecule has 0 unspecified atom stereocenters. The van der Waals surface area contributed by atoms with Crippen LogP contribution in [0.3, 0.4) is 0 Å². The van der Waals surface area contributed by atoms with Crippen molar-refractivity contribution in [2.24, 2.45) is 0 Å². The highest BCUT2D eigenvalue weighted by atomic mass is 32.1. The van der Waals surface area contributed by atoms with Crippen LogP contribution < -0.4 is 10.6 Å². The highest BCUT2D eigenvalue weighted by Crippen LogP contribution is 2.40. The van der Waals surface area contributed by atoms with E-state index in [9.17, 15) is 4.79 Å². The molecule has 0 radical (unpaired) electrons. The first kappa shape index (κ1) is 14.3. The van der Waals surface area contributed by atoms with Gasteiger partial charge >= 0.3 is 0 Å². The summed E-state index contributed by atoms with van der Waals surface area (Å²) < 4.78 is 4.30. The van der Waals surface area contributed by atoms with Crippen LogP contribution in [0.15, 0.2) is 5.38 Å². The molecule has 1 saturated heterocycles. The minimum absolute atomic E-state index is 0.134. The monoisotopic (exact) mass is 323 g/mol. The van der Waals surface area contributed by atoms with Crippen LogP contribution in [-0.2, 0) is 4.79 Å². The number of thiazole rings is 1. The number of rotatable bonds is 2. The van der Waals surface area contributed by atoms with Gasteiger partial charge < -0.3 is 15.5 Å². The fourth-order valence-electron chi connectivity index (χ4n) is 2.40. The molecular weight excluding hydrogens is 306 g/mol. The summed E-state index contributed by atoms with van der Waals surface area (Å²) in [6.45, 7) is 6.68. The Morgan fingerprint density at radius 1 is 1.33 bits per heavy atom. The first-order valence-electron chi connectivity index (χ1n) is 6.74. The van der Waals surface area contributed by atoms with Crippen molar-refractivity contribution in [3.63, 3.8) is 0 Å². The van der Waals surface area contributed by atoms with Crippen LogP contribution in [0.1, 0.15) is 12.6 Å². The van der Waals surface area contributed by atoms with E-state index in [-0.39, 0.29) is 5.91 Å². The SMILES string of the molecule is CC(=O)N1CCN(c2snc(N)c2-c2nc(C)cs2)CC1. The second-order valence-corrected chi connectivity index (χ2v) is 6.65. The standard InChI is InChI=1S/C13H17N5OS2/c1-8-7-20-12(15-8)10-11(14)16-21-13(10)18-5-3-17(4-6-18)9(2)19/h7H,3-6H2,1-2H3,(H2,14,16). The molecule has 0 aliphatic carbocycles. The number of aryl methyl sites for hydroxylation is 1. The van der Waals surface area contributed by atoms with Crippen LogP contribution in [0.2, 0.25) is 0 Å². The third kappa shape index (κ3) is 2.73. The summed E-state index contributed by atoms with van der Waals surface area (Å²) >= 11 is 3.00. The van der Waals surface area contributed by atoms with Crippen molar-refractivity contribution in [3.05, 3.63) is 11.1 Å². The molecule has 1 amide bonds. The molecule has 1 fully saturated rings. The van der Waals surface area contributed by atoms with Gasteiger partial charge in [0.05, 0.1) is 5.56 Å². The third-order valence-electron chi connectivity index (χ3n) is 3.55. The van der Waals surface area contributed by atoms with Crippen LogP contribution in [0.4, 0.5) is 10.8 Å². The molecule has 3 heterocycles. The lowest BCUT2D eigenvalue weighted by Crippen LogP contribution is -2.48. The van der Waals surface area contributed by atoms with Crippen LogP contribution in [0, 0.1) is 6.92 Å². The number of piperazine rings is 1. The molecule has 2 aromatic heterocycles. The van der Waals surface area contributed by atoms with Crippen molar-refractivity contribution in [1.82, 2.24) is 14.3 Å². The number of amides is 1. The van der Waals surface area contributed by atoms with Gasteiger partial charge in [0.25, 0.3) is 0 Å². The second kappa shape index (κ2) is 5.61. The second-order valence-electron chi connectivity index (χ2n) is 5.04. The minimum Gasteiger partial charge on any atom is -0.382 e. The maximum atomic E-state index is 11.4. The predicted molar refractivity (Wildman–Crippen MR) is 86.8 cm³/mol. The van der Waals surface area contributed by atoms with Gasteiger partial charge in [-0.2, -0.15) is 4.37 Å². The molecule has 0 aromatic carbocycles. The van der Waals surface area contributed by atoms with Gasteiger partial charge in [0.15, 0.2) is 0 Å². The van der Waals surface area contributed by atoms with Gasteiger partial charge in [-0.25, -0.2) is 4.98 Å². The average molecular weight is 323 g/mol. The Hall–Kier alpha value is -1.67. The lowest BCUT2D eigenvalue weighted by molar-refractivity contribution is -0.129. The summed E-state index contributed by atoms with van der Waals surface area (Å²) in [5.74, 6) is 0.674. The van der Waals surface area contributed by atoms with E-state index in [1.54, 1.807) is 18.3 Å². The lowest BCUT2D eigenvalue weighted by Gasteiger charge is -2.34. The maximum absolute atomic E-state index is 11.4. The summed E-state index contributed by atoms with van der Waals surface area (Å²) in [6.07, 6.45) is 0. The van der Waals surface area contributed by atoms with E-state index in [1.165, 1.54) is 11.5 Å². The Kier molecular flexibility index (Phi) is 3.81. The highest BCUT2D eigenvalue weighted by molar-refractivity contribution is 7.15. The van der Waals surface area contributed by atoms with Gasteiger partial charge in [0.2, 0.25) is 5.91 Å². The highest BCUT2D eigenvalue weighted by Gasteiger charge is 2.25. The molecule has 1 aliphatic rings. The molecule has 1 aliphatic heterocycles. The number of nitrogens with two attached hydrogens (primary N) is 1. The fourth-order valence-corrected chi connectivity index (χ4v) is 4.19. The quantitative estimate of drug-likeness (QED) is 0.912. The van der Waals surface area contributed by atoms with Crippen LogP contribution in [-0.4, -0.2) is 46.3 Å². The number of nitrogen functional groups attached to an aromatic ring is 1. The van der Waals surface area contributed by atoms with Crippen molar-refractivity contribution in [3.8, 4) is 10.6 Å². The van der Waals surface area contributed by atoms with E-state index in [0.29, 0.717) is 5.82 Å². The molecule has 6 nitrogen and oxygen atoms in total. The largest absolute Gasteiger partial charge is 0.382 e. The van der Waals surface area contributed by atoms with Gasteiger partial charge in [-0.15, -0.1) is 11.3 Å². The Morgan fingerprint density at radius 3 is 2.62 bits per heavy atom. The zero-order chi connectivity index (χ0) is 15.0. The molecule has 112 valence electrons. The van der Waals surface area contributed by atoms with E-state index in [0.717, 1.165) is 47.4 Å². The zero-order valence-electron chi connectivity index (χ0n) is 12.0.